The predicted octanol–water partition coefficient (Wildman–Crippen LogP) is 4.36. The third-order valence-corrected chi connectivity index (χ3v) is 5.63. The van der Waals surface area contributed by atoms with Gasteiger partial charge < -0.3 is 15.0 Å². The number of fused-ring (bicyclic) bond motifs is 1. The highest BCUT2D eigenvalue weighted by Gasteiger charge is 2.27. The van der Waals surface area contributed by atoms with Gasteiger partial charge in [0.25, 0.3) is 11.8 Å². The molecule has 0 saturated heterocycles. The zero-order valence-corrected chi connectivity index (χ0v) is 18.7. The van der Waals surface area contributed by atoms with Crippen LogP contribution in [0.3, 0.4) is 0 Å². The number of carbonyl (C=O) groups is 2. The summed E-state index contributed by atoms with van der Waals surface area (Å²) in [5.74, 6) is 0.321. The number of nitrogens with one attached hydrogen (secondary N) is 2. The quantitative estimate of drug-likeness (QED) is 0.571. The van der Waals surface area contributed by atoms with Crippen molar-refractivity contribution in [1.29, 1.82) is 0 Å². The summed E-state index contributed by atoms with van der Waals surface area (Å²) in [6, 6.07) is 20.7. The summed E-state index contributed by atoms with van der Waals surface area (Å²) in [4.78, 5) is 26.5. The molecule has 0 fully saturated rings. The van der Waals surface area contributed by atoms with E-state index in [0.29, 0.717) is 18.0 Å². The SMILES string of the molecule is Cc1cccc(OCC(=O)NC(=S)Nc2ccc(N3Cc4ccccc4C3=O)cc2)c1C. The zero-order chi connectivity index (χ0) is 22.7. The molecule has 0 radical (unpaired) electrons. The largest absolute Gasteiger partial charge is 0.483 e. The minimum Gasteiger partial charge on any atom is -0.483 e. The highest BCUT2D eigenvalue weighted by Crippen LogP contribution is 2.28. The molecule has 6 nitrogen and oxygen atoms in total. The van der Waals surface area contributed by atoms with Crippen LogP contribution < -0.4 is 20.3 Å². The van der Waals surface area contributed by atoms with Crippen LogP contribution in [0.15, 0.2) is 66.7 Å². The Morgan fingerprint density at radius 2 is 1.78 bits per heavy atom. The number of anilines is 2. The molecule has 1 aliphatic heterocycles. The van der Waals surface area contributed by atoms with E-state index < -0.39 is 0 Å². The van der Waals surface area contributed by atoms with Gasteiger partial charge in [-0.1, -0.05) is 30.3 Å². The van der Waals surface area contributed by atoms with Crippen LogP contribution >= 0.6 is 12.2 Å². The normalized spacial score (nSPS) is 12.3. The number of carbonyl (C=O) groups excluding carboxylic acids is 2. The van der Waals surface area contributed by atoms with Crippen LogP contribution in [0.5, 0.6) is 5.75 Å². The second kappa shape index (κ2) is 9.20. The molecule has 3 aromatic carbocycles. The number of hydrogen-bond acceptors (Lipinski definition) is 4. The maximum absolute atomic E-state index is 12.6. The number of amides is 2. The molecule has 0 unspecified atom stereocenters. The molecule has 0 aromatic heterocycles. The standard InChI is InChI=1S/C25H23N3O3S/c1-16-6-5-9-22(17(16)2)31-15-23(29)27-25(32)26-19-10-12-20(13-11-19)28-14-18-7-3-4-8-21(18)24(28)30/h3-13H,14-15H2,1-2H3,(H2,26,27,29,32). The first-order chi connectivity index (χ1) is 15.4. The van der Waals surface area contributed by atoms with Crippen molar-refractivity contribution in [1.82, 2.24) is 5.32 Å². The van der Waals surface area contributed by atoms with Crippen LogP contribution in [0.1, 0.15) is 27.0 Å². The van der Waals surface area contributed by atoms with E-state index >= 15 is 0 Å². The van der Waals surface area contributed by atoms with E-state index in [1.54, 1.807) is 4.90 Å². The number of hydrogen-bond donors (Lipinski definition) is 2. The molecule has 3 aromatic rings. The summed E-state index contributed by atoms with van der Waals surface area (Å²) >= 11 is 5.23. The van der Waals surface area contributed by atoms with Crippen LogP contribution in [-0.4, -0.2) is 23.5 Å². The highest BCUT2D eigenvalue weighted by atomic mass is 32.1. The van der Waals surface area contributed by atoms with Gasteiger partial charge in [-0.25, -0.2) is 0 Å². The second-order valence-electron chi connectivity index (χ2n) is 7.58. The molecular formula is C25H23N3O3S. The van der Waals surface area contributed by atoms with Crippen LogP contribution in [0.2, 0.25) is 0 Å². The molecule has 2 amide bonds. The molecule has 162 valence electrons. The maximum Gasteiger partial charge on any atom is 0.264 e. The minimum atomic E-state index is -0.347. The van der Waals surface area contributed by atoms with E-state index in [2.05, 4.69) is 10.6 Å². The van der Waals surface area contributed by atoms with Gasteiger partial charge in [-0.3, -0.25) is 14.9 Å². The van der Waals surface area contributed by atoms with E-state index in [9.17, 15) is 9.59 Å². The highest BCUT2D eigenvalue weighted by molar-refractivity contribution is 7.80. The monoisotopic (exact) mass is 445 g/mol. The first kappa shape index (κ1) is 21.5. The Morgan fingerprint density at radius 3 is 2.53 bits per heavy atom. The minimum absolute atomic E-state index is 0.00654. The van der Waals surface area contributed by atoms with E-state index in [-0.39, 0.29) is 23.5 Å². The van der Waals surface area contributed by atoms with Crippen molar-refractivity contribution in [3.05, 3.63) is 89.0 Å². The van der Waals surface area contributed by atoms with Gasteiger partial charge in [0.05, 0.1) is 6.54 Å². The molecule has 0 aliphatic carbocycles. The van der Waals surface area contributed by atoms with Gasteiger partial charge >= 0.3 is 0 Å². The summed E-state index contributed by atoms with van der Waals surface area (Å²) in [5.41, 5.74) is 5.37. The van der Waals surface area contributed by atoms with Gasteiger partial charge in [0, 0.05) is 16.9 Å². The third kappa shape index (κ3) is 4.63. The van der Waals surface area contributed by atoms with Crippen molar-refractivity contribution in [2.75, 3.05) is 16.8 Å². The smallest absolute Gasteiger partial charge is 0.264 e. The molecule has 1 aliphatic rings. The molecule has 0 atom stereocenters. The fourth-order valence-electron chi connectivity index (χ4n) is 3.54. The lowest BCUT2D eigenvalue weighted by molar-refractivity contribution is -0.121. The van der Waals surface area contributed by atoms with Gasteiger partial charge in [-0.15, -0.1) is 0 Å². The van der Waals surface area contributed by atoms with Gasteiger partial charge in [-0.2, -0.15) is 0 Å². The Bertz CT molecular complexity index is 1190. The zero-order valence-electron chi connectivity index (χ0n) is 17.8. The molecular weight excluding hydrogens is 422 g/mol. The maximum atomic E-state index is 12.6. The first-order valence-corrected chi connectivity index (χ1v) is 10.6. The summed E-state index contributed by atoms with van der Waals surface area (Å²) in [6.07, 6.45) is 0. The van der Waals surface area contributed by atoms with Crippen molar-refractivity contribution in [3.8, 4) is 5.75 Å². The average Bonchev–Trinajstić information content (AvgIpc) is 3.12. The Balaban J connectivity index is 1.30. The van der Waals surface area contributed by atoms with Gasteiger partial charge in [0.2, 0.25) is 0 Å². The molecule has 0 saturated carbocycles. The lowest BCUT2D eigenvalue weighted by atomic mass is 10.1. The number of rotatable bonds is 5. The summed E-state index contributed by atoms with van der Waals surface area (Å²) in [7, 11) is 0. The van der Waals surface area contributed by atoms with Crippen LogP contribution in [0, 0.1) is 13.8 Å². The van der Waals surface area contributed by atoms with Gasteiger partial charge in [0.15, 0.2) is 11.7 Å². The molecule has 1 heterocycles. The van der Waals surface area contributed by atoms with Crippen molar-refractivity contribution in [2.24, 2.45) is 0 Å². The number of nitrogens with zero attached hydrogens (tertiary/aromatic N) is 1. The second-order valence-corrected chi connectivity index (χ2v) is 7.99. The Labute approximate surface area is 192 Å². The van der Waals surface area contributed by atoms with Crippen molar-refractivity contribution in [2.45, 2.75) is 20.4 Å². The average molecular weight is 446 g/mol. The molecule has 7 heteroatoms. The lowest BCUT2D eigenvalue weighted by Crippen LogP contribution is -2.37. The number of benzene rings is 3. The molecule has 4 rings (SSSR count). The third-order valence-electron chi connectivity index (χ3n) is 5.42. The van der Waals surface area contributed by atoms with Crippen LogP contribution in [-0.2, 0) is 11.3 Å². The lowest BCUT2D eigenvalue weighted by Gasteiger charge is -2.17. The van der Waals surface area contributed by atoms with Crippen molar-refractivity contribution < 1.29 is 14.3 Å². The van der Waals surface area contributed by atoms with Gasteiger partial charge in [0.1, 0.15) is 5.75 Å². The van der Waals surface area contributed by atoms with E-state index in [4.69, 9.17) is 17.0 Å². The predicted molar refractivity (Wildman–Crippen MR) is 129 cm³/mol. The van der Waals surface area contributed by atoms with Gasteiger partial charge in [-0.05, 0) is 79.2 Å². The Morgan fingerprint density at radius 1 is 1.03 bits per heavy atom. The van der Waals surface area contributed by atoms with Crippen molar-refractivity contribution in [3.63, 3.8) is 0 Å². The van der Waals surface area contributed by atoms with Crippen LogP contribution in [0.4, 0.5) is 11.4 Å². The Kier molecular flexibility index (Phi) is 6.18. The topological polar surface area (TPSA) is 70.7 Å². The molecule has 2 N–H and O–H groups in total. The van der Waals surface area contributed by atoms with E-state index in [1.807, 2.05) is 80.6 Å². The Hall–Kier alpha value is -3.71. The number of aryl methyl sites for hydroxylation is 1. The summed E-state index contributed by atoms with van der Waals surface area (Å²) in [6.45, 7) is 4.36. The fraction of sp³-hybridized carbons (Fsp3) is 0.160. The molecule has 0 bridgehead atoms. The number of thiocarbonyl (C=S) groups is 1. The molecule has 32 heavy (non-hydrogen) atoms. The van der Waals surface area contributed by atoms with E-state index in [0.717, 1.165) is 27.9 Å². The molecule has 0 spiro atoms. The van der Waals surface area contributed by atoms with Crippen molar-refractivity contribution >= 4 is 40.5 Å². The van der Waals surface area contributed by atoms with Crippen LogP contribution in [0.25, 0.3) is 0 Å². The van der Waals surface area contributed by atoms with E-state index in [1.165, 1.54) is 0 Å². The first-order valence-electron chi connectivity index (χ1n) is 10.2. The fourth-order valence-corrected chi connectivity index (χ4v) is 3.77. The number of ether oxygens (including phenoxy) is 1. The summed E-state index contributed by atoms with van der Waals surface area (Å²) < 4.78 is 5.60. The summed E-state index contributed by atoms with van der Waals surface area (Å²) in [5, 5.41) is 5.77.